The van der Waals surface area contributed by atoms with Crippen LogP contribution in [0, 0.1) is 46.8 Å². The number of thiophene rings is 3. The maximum absolute atomic E-state index is 12.0. The third kappa shape index (κ3) is 22.0. The standard InChI is InChI=1S/C101H128N4O6S4/c1-13-25-31-69(19-7)62-101(63-70(20-8)32-26-14-2)98-89(90-61-95(114-99(90)101)93-56-51-84(112-93)57-78(64-102)100(106)107)60-94(113-98)88-55-54-87(96-97(88)104-115-103-96)77-41-47-81(48-42-77)105(79-43-37-75(38-44-79)85-52-49-82(108-65-71(21-9)33-27-15-3)58-91(85)110-67-73(23-11)35-29-17-5)80-45-39-76(40-46-80)86-53-50-83(109-66-72(22-10)34-28-16-4)59-92(86)111-68-74(24-12)36-30-18-6/h37-61,69-74H,13-36,62-63,65-68H2,1-12H3,(H,106,107)/b78-57+. The van der Waals surface area contributed by atoms with Crippen molar-refractivity contribution in [2.24, 2.45) is 35.5 Å². The minimum Gasteiger partial charge on any atom is -0.493 e. The second kappa shape index (κ2) is 43.9. The Hall–Kier alpha value is -8.06. The van der Waals surface area contributed by atoms with Gasteiger partial charge < -0.3 is 29.0 Å². The molecule has 0 radical (unpaired) electrons. The van der Waals surface area contributed by atoms with Crippen molar-refractivity contribution in [1.29, 1.82) is 5.26 Å². The van der Waals surface area contributed by atoms with Gasteiger partial charge in [-0.15, -0.1) is 34.0 Å². The Morgan fingerprint density at radius 2 is 0.783 bits per heavy atom. The maximum atomic E-state index is 12.0. The average molecular weight is 1620 g/mol. The van der Waals surface area contributed by atoms with Crippen LogP contribution in [0.1, 0.15) is 265 Å². The molecule has 0 spiro atoms. The van der Waals surface area contributed by atoms with Crippen molar-refractivity contribution in [2.45, 2.75) is 255 Å². The number of aromatic nitrogens is 2. The molecule has 6 atom stereocenters. The summed E-state index contributed by atoms with van der Waals surface area (Å²) in [5.41, 5.74) is 14.6. The second-order valence-electron chi connectivity index (χ2n) is 32.5. The van der Waals surface area contributed by atoms with Crippen LogP contribution in [0.2, 0.25) is 0 Å². The number of fused-ring (bicyclic) bond motifs is 4. The van der Waals surface area contributed by atoms with Gasteiger partial charge >= 0.3 is 5.97 Å². The predicted molar refractivity (Wildman–Crippen MR) is 491 cm³/mol. The fourth-order valence-corrected chi connectivity index (χ4v) is 21.3. The van der Waals surface area contributed by atoms with E-state index in [2.05, 4.69) is 228 Å². The van der Waals surface area contributed by atoms with E-state index in [1.807, 2.05) is 34.8 Å². The van der Waals surface area contributed by atoms with E-state index in [0.29, 0.717) is 61.9 Å². The largest absolute Gasteiger partial charge is 0.493 e. The summed E-state index contributed by atoms with van der Waals surface area (Å²) >= 11 is 6.76. The van der Waals surface area contributed by atoms with Crippen LogP contribution in [0.3, 0.4) is 0 Å². The zero-order valence-corrected chi connectivity index (χ0v) is 74.3. The molecule has 0 aliphatic heterocycles. The lowest BCUT2D eigenvalue weighted by atomic mass is 9.70. The molecular formula is C101H128N4O6S4. The molecule has 115 heavy (non-hydrogen) atoms. The van der Waals surface area contributed by atoms with Crippen molar-refractivity contribution in [3.63, 3.8) is 0 Å². The first-order valence-electron chi connectivity index (χ1n) is 44.1. The fourth-order valence-electron chi connectivity index (χ4n) is 16.9. The molecule has 0 saturated carbocycles. The van der Waals surface area contributed by atoms with Gasteiger partial charge in [-0.3, -0.25) is 0 Å². The van der Waals surface area contributed by atoms with Crippen LogP contribution in [0.25, 0.3) is 81.8 Å². The SMILES string of the molecule is CCCCC(CC)COc1ccc(-c2ccc(N(c3ccc(-c4ccc(OCC(CC)CCCC)cc4OCC(CC)CCCC)cc3)c3ccc(-c4ccc(-c5cc6c(s5)C(CC(CC)CCCC)(CC(CC)CCCC)c5sc(-c7ccc(/C=C(\C#N)C(=O)O)s7)cc5-6)c5nsnc45)cc3)cc2)c(OCC(CC)CCCC)c1. The molecule has 10 aromatic rings. The topological polar surface area (TPSA) is 127 Å². The molecule has 6 aromatic carbocycles. The quantitative estimate of drug-likeness (QED) is 0.0291. The van der Waals surface area contributed by atoms with Crippen molar-refractivity contribution >= 4 is 85.9 Å². The van der Waals surface area contributed by atoms with Gasteiger partial charge in [0.05, 0.1) is 38.2 Å². The lowest BCUT2D eigenvalue weighted by molar-refractivity contribution is -0.132. The van der Waals surface area contributed by atoms with Crippen molar-refractivity contribution in [3.05, 3.63) is 166 Å². The molecule has 0 bridgehead atoms. The molecule has 4 heterocycles. The summed E-state index contributed by atoms with van der Waals surface area (Å²) in [6.45, 7) is 30.4. The first-order chi connectivity index (χ1) is 56.2. The van der Waals surface area contributed by atoms with E-state index in [9.17, 15) is 15.2 Å². The van der Waals surface area contributed by atoms with Gasteiger partial charge in [-0.05, 0) is 193 Å². The average Bonchev–Trinajstić information content (AvgIpc) is 1.54. The van der Waals surface area contributed by atoms with Crippen LogP contribution in [0.15, 0.2) is 151 Å². The van der Waals surface area contributed by atoms with Gasteiger partial charge in [0.1, 0.15) is 45.7 Å². The number of nitrogens with zero attached hydrogens (tertiary/aromatic N) is 4. The molecule has 1 aliphatic rings. The fraction of sp³-hybridized carbons (Fsp3) is 0.485. The summed E-state index contributed by atoms with van der Waals surface area (Å²) in [6.07, 6.45) is 31.7. The number of hydrogen-bond acceptors (Lipinski definition) is 13. The van der Waals surface area contributed by atoms with Gasteiger partial charge in [-0.1, -0.05) is 260 Å². The van der Waals surface area contributed by atoms with Gasteiger partial charge in [-0.25, -0.2) is 4.79 Å². The van der Waals surface area contributed by atoms with E-state index >= 15 is 0 Å². The maximum Gasteiger partial charge on any atom is 0.346 e. The van der Waals surface area contributed by atoms with Crippen molar-refractivity contribution < 1.29 is 28.8 Å². The number of carboxylic acid groups (broad SMARTS) is 1. The van der Waals surface area contributed by atoms with E-state index in [1.54, 1.807) is 11.3 Å². The molecule has 612 valence electrons. The van der Waals surface area contributed by atoms with Gasteiger partial charge in [0.2, 0.25) is 0 Å². The molecule has 1 aliphatic carbocycles. The highest BCUT2D eigenvalue weighted by molar-refractivity contribution is 7.23. The van der Waals surface area contributed by atoms with E-state index < -0.39 is 5.97 Å². The minimum absolute atomic E-state index is 0.175. The number of unbranched alkanes of at least 4 members (excludes halogenated alkanes) is 6. The molecule has 0 amide bonds. The van der Waals surface area contributed by atoms with Crippen molar-refractivity contribution in [3.8, 4) is 93.8 Å². The number of rotatable bonds is 50. The number of anilines is 3. The third-order valence-electron chi connectivity index (χ3n) is 24.5. The Balaban J connectivity index is 0.977. The molecular weight excluding hydrogens is 1490 g/mol. The predicted octanol–water partition coefficient (Wildman–Crippen LogP) is 31.5. The van der Waals surface area contributed by atoms with Crippen LogP contribution in [-0.4, -0.2) is 46.3 Å². The number of benzene rings is 6. The lowest BCUT2D eigenvalue weighted by Crippen LogP contribution is -2.30. The number of carbonyl (C=O) groups is 1. The summed E-state index contributed by atoms with van der Waals surface area (Å²) in [5.74, 6) is 5.30. The van der Waals surface area contributed by atoms with E-state index in [0.717, 1.165) is 164 Å². The van der Waals surface area contributed by atoms with Gasteiger partial charge in [0, 0.05) is 86.1 Å². The van der Waals surface area contributed by atoms with Crippen LogP contribution in [0.4, 0.5) is 17.1 Å². The molecule has 1 N–H and O–H groups in total. The first-order valence-corrected chi connectivity index (χ1v) is 47.3. The number of nitriles is 1. The number of carboxylic acids is 1. The summed E-state index contributed by atoms with van der Waals surface area (Å²) < 4.78 is 37.4. The molecule has 10 nitrogen and oxygen atoms in total. The Bertz CT molecular complexity index is 4600. The molecule has 4 aromatic heterocycles. The smallest absolute Gasteiger partial charge is 0.346 e. The Kier molecular flexibility index (Phi) is 33.5. The second-order valence-corrected chi connectivity index (χ2v) is 36.3. The highest BCUT2D eigenvalue weighted by atomic mass is 32.1. The highest BCUT2D eigenvalue weighted by Crippen LogP contribution is 2.64. The van der Waals surface area contributed by atoms with E-state index in [1.165, 1.54) is 151 Å². The van der Waals surface area contributed by atoms with Crippen LogP contribution < -0.4 is 23.8 Å². The molecule has 6 unspecified atom stereocenters. The summed E-state index contributed by atoms with van der Waals surface area (Å²) in [4.78, 5) is 21.6. The number of ether oxygens (including phenoxy) is 4. The van der Waals surface area contributed by atoms with Gasteiger partial charge in [0.15, 0.2) is 0 Å². The van der Waals surface area contributed by atoms with E-state index in [-0.39, 0.29) is 11.0 Å². The normalized spacial score (nSPS) is 14.9. The monoisotopic (exact) mass is 1620 g/mol. The minimum atomic E-state index is -1.21. The van der Waals surface area contributed by atoms with E-state index in [4.69, 9.17) is 27.7 Å². The van der Waals surface area contributed by atoms with Crippen molar-refractivity contribution in [2.75, 3.05) is 31.3 Å². The zero-order valence-electron chi connectivity index (χ0n) is 71.0. The Morgan fingerprint density at radius 1 is 0.417 bits per heavy atom. The first kappa shape index (κ1) is 87.8. The zero-order chi connectivity index (χ0) is 81.2. The lowest BCUT2D eigenvalue weighted by Gasteiger charge is -2.37. The molecule has 14 heteroatoms. The van der Waals surface area contributed by atoms with Crippen LogP contribution >= 0.6 is 45.7 Å². The Labute approximate surface area is 705 Å². The number of hydrogen-bond donors (Lipinski definition) is 1. The number of aliphatic carboxylic acids is 1. The van der Waals surface area contributed by atoms with Crippen LogP contribution in [-0.2, 0) is 10.2 Å². The summed E-state index contributed by atoms with van der Waals surface area (Å²) in [6, 6.07) is 55.4. The molecule has 0 fully saturated rings. The Morgan fingerprint density at radius 3 is 1.18 bits per heavy atom. The van der Waals surface area contributed by atoms with Gasteiger partial charge in [0.25, 0.3) is 0 Å². The van der Waals surface area contributed by atoms with Crippen molar-refractivity contribution in [1.82, 2.24) is 8.75 Å². The summed E-state index contributed by atoms with van der Waals surface area (Å²) in [7, 11) is 0. The molecule has 0 saturated heterocycles. The highest BCUT2D eigenvalue weighted by Gasteiger charge is 2.49. The van der Waals surface area contributed by atoms with Crippen LogP contribution in [0.5, 0.6) is 23.0 Å². The van der Waals surface area contributed by atoms with Gasteiger partial charge in [-0.2, -0.15) is 14.0 Å². The third-order valence-corrected chi connectivity index (χ3v) is 28.9. The molecule has 11 rings (SSSR count). The summed E-state index contributed by atoms with van der Waals surface area (Å²) in [5, 5.41) is 19.5.